The molecule has 0 bridgehead atoms. The number of hydrogen-bond donors (Lipinski definition) is 2. The van der Waals surface area contributed by atoms with Crippen LogP contribution in [0.1, 0.15) is 220 Å². The second-order valence-corrected chi connectivity index (χ2v) is 17.0. The van der Waals surface area contributed by atoms with Gasteiger partial charge in [-0.2, -0.15) is 0 Å². The summed E-state index contributed by atoms with van der Waals surface area (Å²) in [6.45, 7) is 14.8. The zero-order chi connectivity index (χ0) is 41.2. The van der Waals surface area contributed by atoms with Gasteiger partial charge in [-0.05, 0) is 76.3 Å². The molecule has 0 saturated heterocycles. The lowest BCUT2D eigenvalue weighted by Gasteiger charge is -2.27. The highest BCUT2D eigenvalue weighted by Gasteiger charge is 2.15. The Morgan fingerprint density at radius 1 is 0.393 bits per heavy atom. The molecule has 0 fully saturated rings. The van der Waals surface area contributed by atoms with E-state index in [1.165, 1.54) is 141 Å². The Kier molecular flexibility index (Phi) is 42.4. The van der Waals surface area contributed by atoms with Gasteiger partial charge in [0.15, 0.2) is 0 Å². The maximum absolute atomic E-state index is 12.7. The molecule has 0 spiro atoms. The highest BCUT2D eigenvalue weighted by molar-refractivity contribution is 5.69. The van der Waals surface area contributed by atoms with Crippen molar-refractivity contribution < 1.29 is 29.3 Å². The smallest absolute Gasteiger partial charge is 0.305 e. The third kappa shape index (κ3) is 37.1. The van der Waals surface area contributed by atoms with Gasteiger partial charge in [0.25, 0.3) is 0 Å². The van der Waals surface area contributed by atoms with Gasteiger partial charge in [-0.15, -0.1) is 0 Å². The molecule has 2 unspecified atom stereocenters. The molecule has 0 heterocycles. The van der Waals surface area contributed by atoms with Crippen molar-refractivity contribution in [2.24, 2.45) is 11.8 Å². The van der Waals surface area contributed by atoms with Crippen LogP contribution in [0.4, 0.5) is 0 Å². The van der Waals surface area contributed by atoms with Gasteiger partial charge in [-0.1, -0.05) is 156 Å². The molecular formula is C48H96N2O6. The van der Waals surface area contributed by atoms with Crippen LogP contribution in [0.2, 0.25) is 0 Å². The van der Waals surface area contributed by atoms with Crippen molar-refractivity contribution in [1.29, 1.82) is 0 Å². The van der Waals surface area contributed by atoms with Gasteiger partial charge < -0.3 is 19.7 Å². The quantitative estimate of drug-likeness (QED) is 0.0464. The van der Waals surface area contributed by atoms with Crippen LogP contribution < -0.4 is 0 Å². The second kappa shape index (κ2) is 43.4. The van der Waals surface area contributed by atoms with Crippen molar-refractivity contribution in [2.75, 3.05) is 65.7 Å². The molecule has 0 aromatic carbocycles. The van der Waals surface area contributed by atoms with Gasteiger partial charge in [-0.3, -0.25) is 19.4 Å². The van der Waals surface area contributed by atoms with Gasteiger partial charge in [0.05, 0.1) is 26.4 Å². The predicted octanol–water partition coefficient (Wildman–Crippen LogP) is 11.7. The van der Waals surface area contributed by atoms with E-state index in [0.29, 0.717) is 51.0 Å². The molecule has 0 rings (SSSR count). The Morgan fingerprint density at radius 2 is 0.696 bits per heavy atom. The molecule has 2 N–H and O–H groups in total. The highest BCUT2D eigenvalue weighted by atomic mass is 16.5. The van der Waals surface area contributed by atoms with Crippen molar-refractivity contribution in [3.05, 3.63) is 0 Å². The van der Waals surface area contributed by atoms with Crippen molar-refractivity contribution in [2.45, 2.75) is 220 Å². The summed E-state index contributed by atoms with van der Waals surface area (Å²) >= 11 is 0. The molecule has 0 aromatic rings. The third-order valence-corrected chi connectivity index (χ3v) is 11.6. The maximum atomic E-state index is 12.7. The largest absolute Gasteiger partial charge is 0.465 e. The minimum atomic E-state index is -0.0754. The molecule has 0 aliphatic heterocycles. The summed E-state index contributed by atoms with van der Waals surface area (Å²) in [5, 5.41) is 19.4. The van der Waals surface area contributed by atoms with Crippen molar-refractivity contribution in [1.82, 2.24) is 9.80 Å². The summed E-state index contributed by atoms with van der Waals surface area (Å²) in [5.41, 5.74) is 0. The molecule has 0 radical (unpaired) electrons. The number of nitrogens with zero attached hydrogens (tertiary/aromatic N) is 2. The van der Waals surface area contributed by atoms with Crippen LogP contribution >= 0.6 is 0 Å². The number of rotatable bonds is 45. The summed E-state index contributed by atoms with van der Waals surface area (Å²) in [7, 11) is 0. The minimum Gasteiger partial charge on any atom is -0.465 e. The average molecular weight is 797 g/mol. The number of aliphatic hydroxyl groups is 2. The van der Waals surface area contributed by atoms with E-state index in [1.807, 2.05) is 0 Å². The molecule has 334 valence electrons. The monoisotopic (exact) mass is 797 g/mol. The summed E-state index contributed by atoms with van der Waals surface area (Å²) in [6.07, 6.45) is 34.5. The van der Waals surface area contributed by atoms with E-state index in [9.17, 15) is 19.8 Å². The van der Waals surface area contributed by atoms with E-state index in [-0.39, 0.29) is 25.2 Å². The van der Waals surface area contributed by atoms with Crippen molar-refractivity contribution in [3.63, 3.8) is 0 Å². The number of ether oxygens (including phenoxy) is 2. The van der Waals surface area contributed by atoms with E-state index in [2.05, 4.69) is 37.5 Å². The van der Waals surface area contributed by atoms with Gasteiger partial charge in [-0.25, -0.2) is 0 Å². The first-order chi connectivity index (χ1) is 27.4. The van der Waals surface area contributed by atoms with Crippen LogP contribution in [0, 0.1) is 11.8 Å². The number of aliphatic hydroxyl groups excluding tert-OH is 2. The van der Waals surface area contributed by atoms with E-state index < -0.39 is 0 Å². The summed E-state index contributed by atoms with van der Waals surface area (Å²) < 4.78 is 11.6. The van der Waals surface area contributed by atoms with E-state index in [1.54, 1.807) is 0 Å². The Bertz CT molecular complexity index is 763. The number of unbranched alkanes of at least 4 members (excludes halogenated alkanes) is 18. The molecule has 0 aliphatic rings. The van der Waals surface area contributed by atoms with Crippen molar-refractivity contribution in [3.8, 4) is 0 Å². The van der Waals surface area contributed by atoms with Crippen LogP contribution in [0.15, 0.2) is 0 Å². The molecular weight excluding hydrogens is 701 g/mol. The fraction of sp³-hybridized carbons (Fsp3) is 0.958. The number of carbonyl (C=O) groups excluding carboxylic acids is 2. The first kappa shape index (κ1) is 54.8. The fourth-order valence-corrected chi connectivity index (χ4v) is 7.78. The lowest BCUT2D eigenvalue weighted by Crippen LogP contribution is -2.38. The van der Waals surface area contributed by atoms with Crippen LogP contribution in [0.25, 0.3) is 0 Å². The van der Waals surface area contributed by atoms with Crippen LogP contribution in [0.5, 0.6) is 0 Å². The lowest BCUT2D eigenvalue weighted by molar-refractivity contribution is -0.146. The second-order valence-electron chi connectivity index (χ2n) is 17.0. The Balaban J connectivity index is 4.50. The first-order valence-corrected chi connectivity index (χ1v) is 24.4. The number of hydrogen-bond acceptors (Lipinski definition) is 8. The topological polar surface area (TPSA) is 99.5 Å². The van der Waals surface area contributed by atoms with Crippen LogP contribution in [-0.2, 0) is 19.1 Å². The molecule has 8 nitrogen and oxygen atoms in total. The summed E-state index contributed by atoms with van der Waals surface area (Å²) in [6, 6.07) is 0. The lowest BCUT2D eigenvalue weighted by atomic mass is 9.95. The number of carbonyl (C=O) groups is 2. The molecule has 0 aromatic heterocycles. The van der Waals surface area contributed by atoms with E-state index in [0.717, 1.165) is 64.7 Å². The molecule has 0 saturated carbocycles. The van der Waals surface area contributed by atoms with Gasteiger partial charge in [0.2, 0.25) is 0 Å². The van der Waals surface area contributed by atoms with E-state index >= 15 is 0 Å². The maximum Gasteiger partial charge on any atom is 0.305 e. The molecule has 56 heavy (non-hydrogen) atoms. The molecule has 0 aliphatic carbocycles. The molecule has 0 amide bonds. The standard InChI is InChI=1S/C48H96N2O6/c1-5-9-13-17-19-23-31-45(29-21-15-11-7-3)43-55-47(53)33-25-27-35-49(39-41-51)37-38-50(40-42-52)36-28-26-34-48(54)56-44-46(30-22-16-12-8-4)32-24-20-18-14-10-6-2/h45-46,51-52H,5-44H2,1-4H3. The third-order valence-electron chi connectivity index (χ3n) is 11.6. The van der Waals surface area contributed by atoms with E-state index in [4.69, 9.17) is 9.47 Å². The van der Waals surface area contributed by atoms with Gasteiger partial charge in [0.1, 0.15) is 0 Å². The van der Waals surface area contributed by atoms with Crippen LogP contribution in [0.3, 0.4) is 0 Å². The minimum absolute atomic E-state index is 0.0754. The zero-order valence-corrected chi connectivity index (χ0v) is 37.9. The van der Waals surface area contributed by atoms with Crippen LogP contribution in [-0.4, -0.2) is 97.6 Å². The molecule has 8 heteroatoms. The first-order valence-electron chi connectivity index (χ1n) is 24.4. The summed E-state index contributed by atoms with van der Waals surface area (Å²) in [5.74, 6) is 0.821. The van der Waals surface area contributed by atoms with Gasteiger partial charge >= 0.3 is 11.9 Å². The molecule has 2 atom stereocenters. The Hall–Kier alpha value is -1.22. The predicted molar refractivity (Wildman–Crippen MR) is 237 cm³/mol. The average Bonchev–Trinajstić information content (AvgIpc) is 3.20. The van der Waals surface area contributed by atoms with Gasteiger partial charge in [0, 0.05) is 39.0 Å². The SMILES string of the molecule is CCCCCCCCC(CCCCCC)COC(=O)CCCCN(CCO)CCN(CCO)CCCCC(=O)OCC(CCCCCC)CCCCCCCC. The fourth-order valence-electron chi connectivity index (χ4n) is 7.78. The summed E-state index contributed by atoms with van der Waals surface area (Å²) in [4.78, 5) is 29.8. The normalized spacial score (nSPS) is 12.8. The zero-order valence-electron chi connectivity index (χ0n) is 37.9. The highest BCUT2D eigenvalue weighted by Crippen LogP contribution is 2.21. The van der Waals surface area contributed by atoms with Crippen molar-refractivity contribution >= 4 is 11.9 Å². The number of esters is 2. The Morgan fingerprint density at radius 3 is 1.02 bits per heavy atom. The Labute approximate surface area is 348 Å².